The molecule has 31 heavy (non-hydrogen) atoms. The van der Waals surface area contributed by atoms with E-state index in [1.807, 2.05) is 0 Å². The van der Waals surface area contributed by atoms with Crippen LogP contribution in [-0.4, -0.2) is 23.4 Å². The first kappa shape index (κ1) is 20.8. The summed E-state index contributed by atoms with van der Waals surface area (Å²) in [7, 11) is 0. The molecule has 1 aliphatic rings. The maximum Gasteiger partial charge on any atom is 0.341 e. The van der Waals surface area contributed by atoms with Crippen molar-refractivity contribution in [1.29, 1.82) is 0 Å². The van der Waals surface area contributed by atoms with Crippen LogP contribution in [0.1, 0.15) is 51.1 Å². The second kappa shape index (κ2) is 8.73. The SMILES string of the molecule is CCOC(=O)c1c(NC(=O)c2ccc(-c3cccc([N+](=O)[O-])c3)o2)sc2c1CCCC2. The van der Waals surface area contributed by atoms with E-state index in [0.717, 1.165) is 36.1 Å². The molecule has 0 radical (unpaired) electrons. The lowest BCUT2D eigenvalue weighted by atomic mass is 9.95. The minimum atomic E-state index is -0.499. The normalized spacial score (nSPS) is 12.8. The van der Waals surface area contributed by atoms with Gasteiger partial charge in [-0.2, -0.15) is 0 Å². The number of nitro groups is 1. The molecule has 0 spiro atoms. The first-order valence-corrected chi connectivity index (χ1v) is 10.8. The van der Waals surface area contributed by atoms with E-state index in [4.69, 9.17) is 9.15 Å². The average molecular weight is 440 g/mol. The van der Waals surface area contributed by atoms with Crippen molar-refractivity contribution in [1.82, 2.24) is 0 Å². The van der Waals surface area contributed by atoms with E-state index in [0.29, 0.717) is 21.9 Å². The number of aryl methyl sites for hydroxylation is 1. The van der Waals surface area contributed by atoms with Crippen LogP contribution in [0.15, 0.2) is 40.8 Å². The molecule has 3 aromatic rings. The van der Waals surface area contributed by atoms with E-state index < -0.39 is 16.8 Å². The number of amides is 1. The van der Waals surface area contributed by atoms with Gasteiger partial charge in [-0.3, -0.25) is 14.9 Å². The van der Waals surface area contributed by atoms with E-state index in [1.165, 1.54) is 29.5 Å². The second-order valence-corrected chi connectivity index (χ2v) is 8.17. The molecule has 8 nitrogen and oxygen atoms in total. The number of anilines is 1. The summed E-state index contributed by atoms with van der Waals surface area (Å²) < 4.78 is 10.9. The first-order chi connectivity index (χ1) is 15.0. The zero-order chi connectivity index (χ0) is 22.0. The van der Waals surface area contributed by atoms with Gasteiger partial charge in [-0.1, -0.05) is 12.1 Å². The molecule has 160 valence electrons. The van der Waals surface area contributed by atoms with E-state index >= 15 is 0 Å². The van der Waals surface area contributed by atoms with Gasteiger partial charge in [-0.05, 0) is 50.3 Å². The molecular weight excluding hydrogens is 420 g/mol. The summed E-state index contributed by atoms with van der Waals surface area (Å²) in [6.45, 7) is 1.99. The number of carbonyl (C=O) groups is 2. The van der Waals surface area contributed by atoms with Crippen molar-refractivity contribution in [3.63, 3.8) is 0 Å². The van der Waals surface area contributed by atoms with Crippen molar-refractivity contribution in [2.24, 2.45) is 0 Å². The van der Waals surface area contributed by atoms with E-state index in [9.17, 15) is 19.7 Å². The van der Waals surface area contributed by atoms with Crippen LogP contribution >= 0.6 is 11.3 Å². The monoisotopic (exact) mass is 440 g/mol. The number of rotatable bonds is 6. The summed E-state index contributed by atoms with van der Waals surface area (Å²) in [5, 5.41) is 14.2. The molecule has 1 N–H and O–H groups in total. The Hall–Kier alpha value is -3.46. The van der Waals surface area contributed by atoms with E-state index in [2.05, 4.69) is 5.32 Å². The Labute approximate surface area is 182 Å². The van der Waals surface area contributed by atoms with Crippen LogP contribution < -0.4 is 5.32 Å². The second-order valence-electron chi connectivity index (χ2n) is 7.06. The number of hydrogen-bond acceptors (Lipinski definition) is 7. The van der Waals surface area contributed by atoms with Gasteiger partial charge < -0.3 is 14.5 Å². The molecule has 0 aliphatic heterocycles. The van der Waals surface area contributed by atoms with Gasteiger partial charge >= 0.3 is 5.97 Å². The summed E-state index contributed by atoms with van der Waals surface area (Å²) in [5.41, 5.74) is 1.82. The minimum Gasteiger partial charge on any atom is -0.462 e. The maximum absolute atomic E-state index is 12.8. The molecule has 0 atom stereocenters. The van der Waals surface area contributed by atoms with Gasteiger partial charge in [0, 0.05) is 22.6 Å². The van der Waals surface area contributed by atoms with Crippen molar-refractivity contribution in [3.05, 3.63) is 68.3 Å². The van der Waals surface area contributed by atoms with Crippen LogP contribution in [0.25, 0.3) is 11.3 Å². The van der Waals surface area contributed by atoms with Crippen molar-refractivity contribution in [3.8, 4) is 11.3 Å². The van der Waals surface area contributed by atoms with Crippen LogP contribution in [0.2, 0.25) is 0 Å². The number of benzene rings is 1. The predicted molar refractivity (Wildman–Crippen MR) is 116 cm³/mol. The third-order valence-electron chi connectivity index (χ3n) is 5.05. The molecule has 1 amide bonds. The topological polar surface area (TPSA) is 112 Å². The van der Waals surface area contributed by atoms with Crippen molar-refractivity contribution < 1.29 is 23.7 Å². The fourth-order valence-corrected chi connectivity index (χ4v) is 4.90. The number of nitro benzene ring substituents is 1. The highest BCUT2D eigenvalue weighted by molar-refractivity contribution is 7.17. The largest absolute Gasteiger partial charge is 0.462 e. The molecule has 9 heteroatoms. The molecule has 1 aromatic carbocycles. The third-order valence-corrected chi connectivity index (χ3v) is 6.26. The minimum absolute atomic E-state index is 0.0442. The molecule has 0 saturated carbocycles. The number of nitrogens with zero attached hydrogens (tertiary/aromatic N) is 1. The summed E-state index contributed by atoms with van der Waals surface area (Å²) in [6, 6.07) is 9.07. The molecule has 0 bridgehead atoms. The van der Waals surface area contributed by atoms with Gasteiger partial charge in [0.05, 0.1) is 17.1 Å². The fourth-order valence-electron chi connectivity index (χ4n) is 3.63. The van der Waals surface area contributed by atoms with Gasteiger partial charge in [0.15, 0.2) is 5.76 Å². The number of esters is 1. The standard InChI is InChI=1S/C22H20N2O6S/c1-2-29-22(26)19-15-8-3-4-9-18(15)31-21(19)23-20(25)17-11-10-16(30-17)13-6-5-7-14(12-13)24(27)28/h5-7,10-12H,2-4,8-9H2,1H3,(H,23,25). The third kappa shape index (κ3) is 4.22. The molecule has 0 unspecified atom stereocenters. The van der Waals surface area contributed by atoms with Crippen LogP contribution in [0.5, 0.6) is 0 Å². The lowest BCUT2D eigenvalue weighted by Crippen LogP contribution is -2.15. The number of furan rings is 1. The summed E-state index contributed by atoms with van der Waals surface area (Å²) in [6.07, 6.45) is 3.70. The van der Waals surface area contributed by atoms with Crippen LogP contribution in [0, 0.1) is 10.1 Å². The van der Waals surface area contributed by atoms with E-state index in [-0.39, 0.29) is 18.1 Å². The highest BCUT2D eigenvalue weighted by Crippen LogP contribution is 2.39. The Morgan fingerprint density at radius 1 is 1.23 bits per heavy atom. The van der Waals surface area contributed by atoms with Crippen LogP contribution in [0.3, 0.4) is 0 Å². The Morgan fingerprint density at radius 2 is 2.03 bits per heavy atom. The molecule has 4 rings (SSSR count). The highest BCUT2D eigenvalue weighted by atomic mass is 32.1. The van der Waals surface area contributed by atoms with Crippen LogP contribution in [0.4, 0.5) is 10.7 Å². The number of nitrogens with one attached hydrogen (secondary N) is 1. The zero-order valence-electron chi connectivity index (χ0n) is 16.8. The van der Waals surface area contributed by atoms with Gasteiger partial charge in [-0.15, -0.1) is 11.3 Å². The van der Waals surface area contributed by atoms with Gasteiger partial charge in [0.2, 0.25) is 0 Å². The molecule has 2 heterocycles. The summed E-state index contributed by atoms with van der Waals surface area (Å²) in [4.78, 5) is 37.0. The summed E-state index contributed by atoms with van der Waals surface area (Å²) >= 11 is 1.40. The van der Waals surface area contributed by atoms with Crippen molar-refractivity contribution in [2.75, 3.05) is 11.9 Å². The zero-order valence-corrected chi connectivity index (χ0v) is 17.6. The number of carbonyl (C=O) groups excluding carboxylic acids is 2. The Balaban J connectivity index is 1.60. The molecule has 0 fully saturated rings. The molecule has 0 saturated heterocycles. The fraction of sp³-hybridized carbons (Fsp3) is 0.273. The van der Waals surface area contributed by atoms with Gasteiger partial charge in [-0.25, -0.2) is 4.79 Å². The summed E-state index contributed by atoms with van der Waals surface area (Å²) in [5.74, 6) is -0.553. The number of fused-ring (bicyclic) bond motifs is 1. The Bertz CT molecular complexity index is 1160. The molecular formula is C22H20N2O6S. The Kier molecular flexibility index (Phi) is 5.85. The number of non-ortho nitro benzene ring substituents is 1. The van der Waals surface area contributed by atoms with Gasteiger partial charge in [0.1, 0.15) is 10.8 Å². The lowest BCUT2D eigenvalue weighted by molar-refractivity contribution is -0.384. The van der Waals surface area contributed by atoms with Crippen molar-refractivity contribution in [2.45, 2.75) is 32.6 Å². The van der Waals surface area contributed by atoms with Crippen molar-refractivity contribution >= 4 is 33.9 Å². The van der Waals surface area contributed by atoms with E-state index in [1.54, 1.807) is 25.1 Å². The van der Waals surface area contributed by atoms with Crippen LogP contribution in [-0.2, 0) is 17.6 Å². The number of hydrogen-bond donors (Lipinski definition) is 1. The number of ether oxygens (including phenoxy) is 1. The molecule has 2 aromatic heterocycles. The van der Waals surface area contributed by atoms with Gasteiger partial charge in [0.25, 0.3) is 11.6 Å². The first-order valence-electron chi connectivity index (χ1n) is 9.95. The Morgan fingerprint density at radius 3 is 2.81 bits per heavy atom. The highest BCUT2D eigenvalue weighted by Gasteiger charge is 2.28. The predicted octanol–water partition coefficient (Wildman–Crippen LogP) is 5.22. The lowest BCUT2D eigenvalue weighted by Gasteiger charge is -2.12. The number of thiophene rings is 1. The maximum atomic E-state index is 12.8. The smallest absolute Gasteiger partial charge is 0.341 e. The average Bonchev–Trinajstić information content (AvgIpc) is 3.39. The molecule has 1 aliphatic carbocycles. The quantitative estimate of drug-likeness (QED) is 0.319.